The van der Waals surface area contributed by atoms with Crippen LogP contribution in [0.3, 0.4) is 0 Å². The van der Waals surface area contributed by atoms with Gasteiger partial charge in [0.15, 0.2) is 0 Å². The smallest absolute Gasteiger partial charge is 0.138 e. The van der Waals surface area contributed by atoms with Crippen molar-refractivity contribution in [3.63, 3.8) is 0 Å². The first-order valence-corrected chi connectivity index (χ1v) is 9.64. The average molecular weight is 364 g/mol. The number of piperazine rings is 1. The number of hydrogen-bond donors (Lipinski definition) is 1. The number of benzene rings is 2. The molecule has 1 aliphatic rings. The van der Waals surface area contributed by atoms with Gasteiger partial charge in [-0.25, -0.2) is 4.98 Å². The van der Waals surface area contributed by atoms with Gasteiger partial charge in [-0.3, -0.25) is 4.84 Å². The molecule has 1 aliphatic heterocycles. The lowest BCUT2D eigenvalue weighted by Gasteiger charge is -2.38. The van der Waals surface area contributed by atoms with Gasteiger partial charge in [-0.1, -0.05) is 12.1 Å². The standard InChI is InChI=1S/C22H28N4O/c1-16-6-5-7-19-20(16)24-21(23-19)17-8-10-18(11-9-17)25-12-14-26(15-13-25)27-22(2,3)4/h5-11H,12-15H2,1-4H3,(H,23,24). The second-order valence-corrected chi connectivity index (χ2v) is 8.22. The number of fused-ring (bicyclic) bond motifs is 1. The fraction of sp³-hybridized carbons (Fsp3) is 0.409. The number of rotatable bonds is 3. The van der Waals surface area contributed by atoms with E-state index in [2.05, 4.69) is 85.1 Å². The first-order chi connectivity index (χ1) is 12.9. The lowest BCUT2D eigenvalue weighted by molar-refractivity contribution is -0.230. The minimum Gasteiger partial charge on any atom is -0.369 e. The Bertz CT molecular complexity index is 916. The highest BCUT2D eigenvalue weighted by molar-refractivity contribution is 5.82. The van der Waals surface area contributed by atoms with Crippen molar-refractivity contribution in [2.45, 2.75) is 33.3 Å². The molecule has 3 aromatic rings. The zero-order valence-corrected chi connectivity index (χ0v) is 16.6. The topological polar surface area (TPSA) is 44.4 Å². The molecule has 142 valence electrons. The summed E-state index contributed by atoms with van der Waals surface area (Å²) < 4.78 is 0. The van der Waals surface area contributed by atoms with Gasteiger partial charge in [0.05, 0.1) is 16.6 Å². The van der Waals surface area contributed by atoms with Gasteiger partial charge < -0.3 is 9.88 Å². The van der Waals surface area contributed by atoms with Gasteiger partial charge in [0.1, 0.15) is 5.82 Å². The van der Waals surface area contributed by atoms with Crippen LogP contribution in [-0.4, -0.2) is 46.8 Å². The predicted octanol–water partition coefficient (Wildman–Crippen LogP) is 4.39. The highest BCUT2D eigenvalue weighted by Crippen LogP contribution is 2.25. The molecular formula is C22H28N4O. The molecule has 1 aromatic heterocycles. The summed E-state index contributed by atoms with van der Waals surface area (Å²) in [7, 11) is 0. The van der Waals surface area contributed by atoms with E-state index >= 15 is 0 Å². The van der Waals surface area contributed by atoms with Crippen LogP contribution in [0.2, 0.25) is 0 Å². The van der Waals surface area contributed by atoms with Crippen LogP contribution in [0.4, 0.5) is 5.69 Å². The van der Waals surface area contributed by atoms with E-state index in [1.165, 1.54) is 11.3 Å². The molecule has 27 heavy (non-hydrogen) atoms. The van der Waals surface area contributed by atoms with Gasteiger partial charge >= 0.3 is 0 Å². The van der Waals surface area contributed by atoms with Gasteiger partial charge in [-0.15, -0.1) is 0 Å². The molecule has 0 aliphatic carbocycles. The number of hydroxylamine groups is 2. The van der Waals surface area contributed by atoms with Crippen molar-refractivity contribution in [2.24, 2.45) is 0 Å². The number of aromatic nitrogens is 2. The average Bonchev–Trinajstić information content (AvgIpc) is 3.07. The Morgan fingerprint density at radius 3 is 2.30 bits per heavy atom. The first kappa shape index (κ1) is 18.0. The second-order valence-electron chi connectivity index (χ2n) is 8.22. The Balaban J connectivity index is 1.45. The van der Waals surface area contributed by atoms with Gasteiger partial charge in [-0.05, 0) is 63.6 Å². The van der Waals surface area contributed by atoms with Crippen LogP contribution in [0.1, 0.15) is 26.3 Å². The summed E-state index contributed by atoms with van der Waals surface area (Å²) in [5.41, 5.74) is 5.57. The summed E-state index contributed by atoms with van der Waals surface area (Å²) >= 11 is 0. The van der Waals surface area contributed by atoms with E-state index in [1.807, 2.05) is 0 Å². The van der Waals surface area contributed by atoms with Crippen LogP contribution < -0.4 is 4.90 Å². The fourth-order valence-corrected chi connectivity index (χ4v) is 3.57. The third kappa shape index (κ3) is 3.99. The number of imidazole rings is 1. The zero-order valence-electron chi connectivity index (χ0n) is 16.6. The molecular weight excluding hydrogens is 336 g/mol. The van der Waals surface area contributed by atoms with E-state index in [9.17, 15) is 0 Å². The lowest BCUT2D eigenvalue weighted by Crippen LogP contribution is -2.48. The highest BCUT2D eigenvalue weighted by atomic mass is 16.7. The largest absolute Gasteiger partial charge is 0.369 e. The Morgan fingerprint density at radius 1 is 0.963 bits per heavy atom. The number of hydrogen-bond acceptors (Lipinski definition) is 4. The summed E-state index contributed by atoms with van der Waals surface area (Å²) in [6.45, 7) is 12.2. The SMILES string of the molecule is Cc1cccc2[nH]c(-c3ccc(N4CCN(OC(C)(C)C)CC4)cc3)nc12. The van der Waals surface area contributed by atoms with Crippen LogP contribution in [0.15, 0.2) is 42.5 Å². The molecule has 5 nitrogen and oxygen atoms in total. The Morgan fingerprint density at radius 2 is 1.67 bits per heavy atom. The molecule has 1 saturated heterocycles. The number of aromatic amines is 1. The fourth-order valence-electron chi connectivity index (χ4n) is 3.57. The van der Waals surface area contributed by atoms with E-state index < -0.39 is 0 Å². The minimum atomic E-state index is -0.130. The van der Waals surface area contributed by atoms with Crippen LogP contribution in [0, 0.1) is 6.92 Å². The molecule has 2 heterocycles. The Labute approximate surface area is 160 Å². The molecule has 5 heteroatoms. The quantitative estimate of drug-likeness (QED) is 0.749. The number of anilines is 1. The van der Waals surface area contributed by atoms with Crippen molar-refractivity contribution < 1.29 is 4.84 Å². The van der Waals surface area contributed by atoms with Crippen molar-refractivity contribution in [2.75, 3.05) is 31.1 Å². The van der Waals surface area contributed by atoms with Gasteiger partial charge in [0.2, 0.25) is 0 Å². The second kappa shape index (κ2) is 6.98. The number of nitrogens with zero attached hydrogens (tertiary/aromatic N) is 3. The zero-order chi connectivity index (χ0) is 19.0. The number of aryl methyl sites for hydroxylation is 1. The lowest BCUT2D eigenvalue weighted by atomic mass is 10.1. The molecule has 0 atom stereocenters. The number of H-pyrrole nitrogens is 1. The van der Waals surface area contributed by atoms with Crippen molar-refractivity contribution in [3.05, 3.63) is 48.0 Å². The molecule has 0 saturated carbocycles. The van der Waals surface area contributed by atoms with Crippen molar-refractivity contribution >= 4 is 16.7 Å². The maximum Gasteiger partial charge on any atom is 0.138 e. The summed E-state index contributed by atoms with van der Waals surface area (Å²) in [5, 5.41) is 2.08. The Hall–Kier alpha value is -2.37. The summed E-state index contributed by atoms with van der Waals surface area (Å²) in [6, 6.07) is 14.9. The molecule has 0 radical (unpaired) electrons. The Kier molecular flexibility index (Phi) is 4.66. The van der Waals surface area contributed by atoms with Gasteiger partial charge in [0, 0.05) is 37.4 Å². The third-order valence-corrected chi connectivity index (χ3v) is 4.86. The molecule has 0 bridgehead atoms. The van der Waals surface area contributed by atoms with Crippen molar-refractivity contribution in [3.8, 4) is 11.4 Å². The molecule has 2 aromatic carbocycles. The van der Waals surface area contributed by atoms with Gasteiger partial charge in [-0.2, -0.15) is 5.06 Å². The van der Waals surface area contributed by atoms with Crippen molar-refractivity contribution in [1.29, 1.82) is 0 Å². The minimum absolute atomic E-state index is 0.130. The van der Waals surface area contributed by atoms with Crippen molar-refractivity contribution in [1.82, 2.24) is 15.0 Å². The van der Waals surface area contributed by atoms with E-state index in [1.54, 1.807) is 0 Å². The van der Waals surface area contributed by atoms with Crippen LogP contribution in [0.25, 0.3) is 22.4 Å². The molecule has 4 rings (SSSR count). The maximum absolute atomic E-state index is 5.97. The highest BCUT2D eigenvalue weighted by Gasteiger charge is 2.22. The first-order valence-electron chi connectivity index (χ1n) is 9.64. The normalized spacial score (nSPS) is 16.2. The predicted molar refractivity (Wildman–Crippen MR) is 111 cm³/mol. The van der Waals surface area contributed by atoms with E-state index in [0.717, 1.165) is 48.6 Å². The summed E-state index contributed by atoms with van der Waals surface area (Å²) in [4.78, 5) is 16.6. The molecule has 1 N–H and O–H groups in total. The van der Waals surface area contributed by atoms with E-state index in [4.69, 9.17) is 9.82 Å². The molecule has 1 fully saturated rings. The van der Waals surface area contributed by atoms with Gasteiger partial charge in [0.25, 0.3) is 0 Å². The number of nitrogens with one attached hydrogen (secondary N) is 1. The maximum atomic E-state index is 5.97. The number of para-hydroxylation sites is 1. The summed E-state index contributed by atoms with van der Waals surface area (Å²) in [6.07, 6.45) is 0. The van der Waals surface area contributed by atoms with E-state index in [0.29, 0.717) is 0 Å². The van der Waals surface area contributed by atoms with Crippen LogP contribution >= 0.6 is 0 Å². The van der Waals surface area contributed by atoms with Crippen LogP contribution in [0.5, 0.6) is 0 Å². The van der Waals surface area contributed by atoms with Crippen LogP contribution in [-0.2, 0) is 4.84 Å². The molecule has 0 spiro atoms. The molecule has 0 unspecified atom stereocenters. The van der Waals surface area contributed by atoms with E-state index in [-0.39, 0.29) is 5.60 Å². The summed E-state index contributed by atoms with van der Waals surface area (Å²) in [5.74, 6) is 0.925. The molecule has 0 amide bonds. The monoisotopic (exact) mass is 364 g/mol. The third-order valence-electron chi connectivity index (χ3n) is 4.86.